The first-order valence-corrected chi connectivity index (χ1v) is 9.15. The molecule has 1 aromatic heterocycles. The molecule has 0 unspecified atom stereocenters. The van der Waals surface area contributed by atoms with Crippen LogP contribution in [0.3, 0.4) is 0 Å². The van der Waals surface area contributed by atoms with Crippen molar-refractivity contribution < 1.29 is 4.74 Å². The molecule has 4 nitrogen and oxygen atoms in total. The van der Waals surface area contributed by atoms with Gasteiger partial charge in [0.25, 0.3) is 0 Å². The van der Waals surface area contributed by atoms with Gasteiger partial charge in [-0.15, -0.1) is 0 Å². The maximum atomic E-state index is 5.98. The van der Waals surface area contributed by atoms with Crippen LogP contribution in [0.2, 0.25) is 0 Å². The van der Waals surface area contributed by atoms with Crippen LogP contribution in [-0.2, 0) is 24.2 Å². The molecule has 4 heteroatoms. The molecule has 0 radical (unpaired) electrons. The molecule has 0 N–H and O–H groups in total. The second kappa shape index (κ2) is 8.45. The fourth-order valence-electron chi connectivity index (χ4n) is 3.48. The van der Waals surface area contributed by atoms with E-state index in [2.05, 4.69) is 58.9 Å². The molecule has 3 rings (SSSR count). The summed E-state index contributed by atoms with van der Waals surface area (Å²) in [6.45, 7) is 9.14. The van der Waals surface area contributed by atoms with Gasteiger partial charge in [-0.25, -0.2) is 0 Å². The Morgan fingerprint density at radius 1 is 1.25 bits per heavy atom. The zero-order valence-corrected chi connectivity index (χ0v) is 14.9. The van der Waals surface area contributed by atoms with E-state index in [9.17, 15) is 0 Å². The Hall–Kier alpha value is -1.65. The van der Waals surface area contributed by atoms with Gasteiger partial charge in [-0.05, 0) is 38.7 Å². The first-order valence-electron chi connectivity index (χ1n) is 9.15. The summed E-state index contributed by atoms with van der Waals surface area (Å²) in [5.74, 6) is 0. The predicted octanol–water partition coefficient (Wildman–Crippen LogP) is 3.44. The molecule has 1 atom stereocenters. The van der Waals surface area contributed by atoms with E-state index in [0.29, 0.717) is 6.10 Å². The van der Waals surface area contributed by atoms with E-state index in [1.165, 1.54) is 23.2 Å². The zero-order chi connectivity index (χ0) is 16.8. The van der Waals surface area contributed by atoms with E-state index >= 15 is 0 Å². The molecule has 1 saturated heterocycles. The van der Waals surface area contributed by atoms with E-state index in [1.807, 2.05) is 6.20 Å². The van der Waals surface area contributed by atoms with Crippen molar-refractivity contribution in [1.82, 2.24) is 14.7 Å². The topological polar surface area (TPSA) is 30.3 Å². The third-order valence-electron chi connectivity index (χ3n) is 4.96. The molecule has 0 amide bonds. The molecule has 24 heavy (non-hydrogen) atoms. The van der Waals surface area contributed by atoms with Crippen molar-refractivity contribution in [2.75, 3.05) is 19.7 Å². The Morgan fingerprint density at radius 3 is 2.83 bits per heavy atom. The summed E-state index contributed by atoms with van der Waals surface area (Å²) in [5, 5.41) is 4.46. The number of nitrogens with zero attached hydrogens (tertiary/aromatic N) is 3. The number of hydrogen-bond acceptors (Lipinski definition) is 3. The van der Waals surface area contributed by atoms with Crippen LogP contribution in [0.4, 0.5) is 0 Å². The van der Waals surface area contributed by atoms with Crippen LogP contribution in [-0.4, -0.2) is 40.5 Å². The van der Waals surface area contributed by atoms with Gasteiger partial charge in [0, 0.05) is 37.4 Å². The number of morpholine rings is 1. The third kappa shape index (κ3) is 4.46. The summed E-state index contributed by atoms with van der Waals surface area (Å²) in [5.41, 5.74) is 4.07. The van der Waals surface area contributed by atoms with E-state index in [4.69, 9.17) is 4.74 Å². The van der Waals surface area contributed by atoms with Crippen molar-refractivity contribution in [2.45, 2.75) is 52.3 Å². The average Bonchev–Trinajstić information content (AvgIpc) is 2.96. The number of benzene rings is 1. The van der Waals surface area contributed by atoms with Crippen molar-refractivity contribution in [2.24, 2.45) is 0 Å². The highest BCUT2D eigenvalue weighted by molar-refractivity contribution is 5.16. The molecule has 0 bridgehead atoms. The Balaban J connectivity index is 1.46. The zero-order valence-electron chi connectivity index (χ0n) is 14.9. The van der Waals surface area contributed by atoms with Gasteiger partial charge in [0.1, 0.15) is 0 Å². The van der Waals surface area contributed by atoms with Crippen molar-refractivity contribution >= 4 is 0 Å². The highest BCUT2D eigenvalue weighted by Crippen LogP contribution is 2.17. The fraction of sp³-hybridized carbons (Fsp3) is 0.550. The maximum Gasteiger partial charge on any atom is 0.0702 e. The van der Waals surface area contributed by atoms with E-state index in [0.717, 1.165) is 45.6 Å². The molecule has 130 valence electrons. The minimum Gasteiger partial charge on any atom is -0.376 e. The number of rotatable bonds is 7. The first kappa shape index (κ1) is 17.2. The molecule has 1 aromatic carbocycles. The number of ether oxygens (including phenoxy) is 1. The lowest BCUT2D eigenvalue weighted by Gasteiger charge is -2.33. The standard InChI is InChI=1S/C20H29N3O/c1-3-23-17(2)19(14-21-23)15-22-12-13-24-20(16-22)11-7-10-18-8-5-4-6-9-18/h4-6,8-9,14,20H,3,7,10-13,15-16H2,1-2H3/t20-/m1/s1. The molecule has 1 fully saturated rings. The van der Waals surface area contributed by atoms with Gasteiger partial charge in [0.2, 0.25) is 0 Å². The number of hydrogen-bond donors (Lipinski definition) is 0. The Bertz CT molecular complexity index is 623. The van der Waals surface area contributed by atoms with E-state index in [-0.39, 0.29) is 0 Å². The number of aromatic nitrogens is 2. The molecule has 2 aromatic rings. The highest BCUT2D eigenvalue weighted by atomic mass is 16.5. The molecule has 0 saturated carbocycles. The van der Waals surface area contributed by atoms with Crippen LogP contribution in [0, 0.1) is 6.92 Å². The lowest BCUT2D eigenvalue weighted by Crippen LogP contribution is -2.42. The van der Waals surface area contributed by atoms with E-state index in [1.54, 1.807) is 0 Å². The van der Waals surface area contributed by atoms with Crippen LogP contribution in [0.15, 0.2) is 36.5 Å². The quantitative estimate of drug-likeness (QED) is 0.780. The Kier molecular flexibility index (Phi) is 6.05. The van der Waals surface area contributed by atoms with Gasteiger partial charge in [-0.3, -0.25) is 9.58 Å². The van der Waals surface area contributed by atoms with Crippen LogP contribution in [0.25, 0.3) is 0 Å². The molecule has 1 aliphatic heterocycles. The second-order valence-electron chi connectivity index (χ2n) is 6.68. The summed E-state index contributed by atoms with van der Waals surface area (Å²) >= 11 is 0. The minimum atomic E-state index is 0.365. The molecular weight excluding hydrogens is 298 g/mol. The van der Waals surface area contributed by atoms with Crippen LogP contribution < -0.4 is 0 Å². The monoisotopic (exact) mass is 327 g/mol. The fourth-order valence-corrected chi connectivity index (χ4v) is 3.48. The summed E-state index contributed by atoms with van der Waals surface area (Å²) in [6, 6.07) is 10.7. The lowest BCUT2D eigenvalue weighted by atomic mass is 10.0. The molecular formula is C20H29N3O. The minimum absolute atomic E-state index is 0.365. The van der Waals surface area contributed by atoms with Crippen molar-refractivity contribution in [3.05, 3.63) is 53.3 Å². The lowest BCUT2D eigenvalue weighted by molar-refractivity contribution is -0.0355. The van der Waals surface area contributed by atoms with Crippen molar-refractivity contribution in [3.8, 4) is 0 Å². The number of aryl methyl sites for hydroxylation is 2. The van der Waals surface area contributed by atoms with E-state index < -0.39 is 0 Å². The molecule has 2 heterocycles. The second-order valence-corrected chi connectivity index (χ2v) is 6.68. The summed E-state index contributed by atoms with van der Waals surface area (Å²) < 4.78 is 8.05. The van der Waals surface area contributed by atoms with Gasteiger partial charge in [-0.1, -0.05) is 30.3 Å². The summed E-state index contributed by atoms with van der Waals surface area (Å²) in [4.78, 5) is 2.51. The smallest absolute Gasteiger partial charge is 0.0702 e. The summed E-state index contributed by atoms with van der Waals surface area (Å²) in [6.07, 6.45) is 5.86. The Morgan fingerprint density at radius 2 is 2.08 bits per heavy atom. The van der Waals surface area contributed by atoms with Gasteiger partial charge >= 0.3 is 0 Å². The van der Waals surface area contributed by atoms with Crippen molar-refractivity contribution in [1.29, 1.82) is 0 Å². The van der Waals surface area contributed by atoms with Gasteiger partial charge in [-0.2, -0.15) is 5.10 Å². The molecule has 0 spiro atoms. The SMILES string of the molecule is CCn1ncc(CN2CCO[C@H](CCCc3ccccc3)C2)c1C. The largest absolute Gasteiger partial charge is 0.376 e. The van der Waals surface area contributed by atoms with Crippen LogP contribution in [0.1, 0.15) is 36.6 Å². The van der Waals surface area contributed by atoms with Gasteiger partial charge in [0.05, 0.1) is 18.9 Å². The molecule has 0 aliphatic carbocycles. The van der Waals surface area contributed by atoms with Gasteiger partial charge in [0.15, 0.2) is 0 Å². The highest BCUT2D eigenvalue weighted by Gasteiger charge is 2.21. The normalized spacial score (nSPS) is 18.8. The van der Waals surface area contributed by atoms with Gasteiger partial charge < -0.3 is 4.74 Å². The summed E-state index contributed by atoms with van der Waals surface area (Å²) in [7, 11) is 0. The third-order valence-corrected chi connectivity index (χ3v) is 4.96. The predicted molar refractivity (Wildman–Crippen MR) is 97.0 cm³/mol. The van der Waals surface area contributed by atoms with Crippen LogP contribution >= 0.6 is 0 Å². The van der Waals surface area contributed by atoms with Crippen LogP contribution in [0.5, 0.6) is 0 Å². The average molecular weight is 327 g/mol. The maximum absolute atomic E-state index is 5.98. The van der Waals surface area contributed by atoms with Crippen molar-refractivity contribution in [3.63, 3.8) is 0 Å². The first-order chi connectivity index (χ1) is 11.8. The Labute approximate surface area is 145 Å². The molecule has 1 aliphatic rings.